The van der Waals surface area contributed by atoms with Gasteiger partial charge in [0.2, 0.25) is 0 Å². The number of nitrogens with one attached hydrogen (secondary N) is 1. The highest BCUT2D eigenvalue weighted by atomic mass is 35.5. The van der Waals surface area contributed by atoms with Crippen molar-refractivity contribution in [3.8, 4) is 6.07 Å². The van der Waals surface area contributed by atoms with Crippen LogP contribution in [-0.4, -0.2) is 9.91 Å². The van der Waals surface area contributed by atoms with Crippen LogP contribution in [0.15, 0.2) is 30.3 Å². The van der Waals surface area contributed by atoms with E-state index < -0.39 is 4.92 Å². The summed E-state index contributed by atoms with van der Waals surface area (Å²) in [6.45, 7) is 1.80. The number of aryl methyl sites for hydroxylation is 1. The van der Waals surface area contributed by atoms with Crippen LogP contribution in [0.1, 0.15) is 11.1 Å². The molecular weight excluding hydrogens is 280 g/mol. The standard InChI is InChI=1S/C13H9ClN4O2/c1-8-3-2-4-11(10(8)7-15)16-13-6-9(18(19)20)5-12(14)17-13/h2-6H,1H3,(H,16,17). The Labute approximate surface area is 119 Å². The lowest BCUT2D eigenvalue weighted by Crippen LogP contribution is -1.99. The molecule has 7 heteroatoms. The normalized spacial score (nSPS) is 9.85. The highest BCUT2D eigenvalue weighted by molar-refractivity contribution is 6.29. The zero-order chi connectivity index (χ0) is 14.7. The van der Waals surface area contributed by atoms with Crippen LogP contribution in [0.3, 0.4) is 0 Å². The maximum atomic E-state index is 10.8. The van der Waals surface area contributed by atoms with Crippen molar-refractivity contribution in [2.45, 2.75) is 6.92 Å². The lowest BCUT2D eigenvalue weighted by atomic mass is 10.1. The molecule has 0 fully saturated rings. The summed E-state index contributed by atoms with van der Waals surface area (Å²) in [6.07, 6.45) is 0. The number of nitrogens with zero attached hydrogens (tertiary/aromatic N) is 3. The predicted molar refractivity (Wildman–Crippen MR) is 75.1 cm³/mol. The van der Waals surface area contributed by atoms with Gasteiger partial charge >= 0.3 is 0 Å². The summed E-state index contributed by atoms with van der Waals surface area (Å²) in [6, 6.07) is 9.77. The molecule has 6 nitrogen and oxygen atoms in total. The van der Waals surface area contributed by atoms with Crippen molar-refractivity contribution in [2.75, 3.05) is 5.32 Å². The number of hydrogen-bond acceptors (Lipinski definition) is 5. The van der Waals surface area contributed by atoms with Crippen molar-refractivity contribution in [1.82, 2.24) is 4.98 Å². The van der Waals surface area contributed by atoms with Crippen molar-refractivity contribution >= 4 is 28.8 Å². The van der Waals surface area contributed by atoms with Gasteiger partial charge in [-0.15, -0.1) is 0 Å². The number of rotatable bonds is 3. The van der Waals surface area contributed by atoms with Gasteiger partial charge in [-0.1, -0.05) is 23.7 Å². The van der Waals surface area contributed by atoms with Crippen LogP contribution in [0.2, 0.25) is 5.15 Å². The molecule has 100 valence electrons. The van der Waals surface area contributed by atoms with Crippen molar-refractivity contribution in [3.63, 3.8) is 0 Å². The van der Waals surface area contributed by atoms with E-state index >= 15 is 0 Å². The second kappa shape index (κ2) is 5.55. The van der Waals surface area contributed by atoms with Gasteiger partial charge in [0.1, 0.15) is 17.0 Å². The number of hydrogen-bond donors (Lipinski definition) is 1. The number of pyridine rings is 1. The van der Waals surface area contributed by atoms with E-state index in [9.17, 15) is 10.1 Å². The Hall–Kier alpha value is -2.65. The third-order valence-electron chi connectivity index (χ3n) is 2.64. The van der Waals surface area contributed by atoms with Gasteiger partial charge < -0.3 is 5.32 Å². The Balaban J connectivity index is 2.43. The monoisotopic (exact) mass is 288 g/mol. The Kier molecular flexibility index (Phi) is 3.82. The van der Waals surface area contributed by atoms with Crippen molar-refractivity contribution in [1.29, 1.82) is 5.26 Å². The van der Waals surface area contributed by atoms with Crippen LogP contribution in [0, 0.1) is 28.4 Å². The summed E-state index contributed by atoms with van der Waals surface area (Å²) in [5, 5.41) is 22.8. The van der Waals surface area contributed by atoms with Gasteiger partial charge in [-0.25, -0.2) is 4.98 Å². The molecule has 1 heterocycles. The smallest absolute Gasteiger partial charge is 0.276 e. The van der Waals surface area contributed by atoms with Crippen LogP contribution in [0.5, 0.6) is 0 Å². The summed E-state index contributed by atoms with van der Waals surface area (Å²) in [7, 11) is 0. The Bertz CT molecular complexity index is 725. The van der Waals surface area contributed by atoms with Gasteiger partial charge in [0, 0.05) is 0 Å². The molecule has 1 aromatic carbocycles. The van der Waals surface area contributed by atoms with Crippen molar-refractivity contribution in [3.05, 3.63) is 56.7 Å². The number of halogens is 1. The molecule has 2 rings (SSSR count). The number of nitro groups is 1. The van der Waals surface area contributed by atoms with Crippen molar-refractivity contribution < 1.29 is 4.92 Å². The van der Waals surface area contributed by atoms with Gasteiger partial charge in [-0.3, -0.25) is 10.1 Å². The zero-order valence-corrected chi connectivity index (χ0v) is 11.2. The van der Waals surface area contributed by atoms with Gasteiger partial charge in [0.05, 0.1) is 28.3 Å². The molecule has 0 atom stereocenters. The summed E-state index contributed by atoms with van der Waals surface area (Å²) in [5.74, 6) is 0.214. The Morgan fingerprint density at radius 3 is 2.85 bits per heavy atom. The molecule has 0 aliphatic rings. The third kappa shape index (κ3) is 2.84. The molecule has 0 saturated heterocycles. The number of benzene rings is 1. The number of aromatic nitrogens is 1. The maximum absolute atomic E-state index is 10.8. The van der Waals surface area contributed by atoms with Crippen LogP contribution in [0.4, 0.5) is 17.2 Å². The molecule has 0 unspecified atom stereocenters. The minimum absolute atomic E-state index is 0.00728. The van der Waals surface area contributed by atoms with E-state index in [0.29, 0.717) is 11.3 Å². The minimum Gasteiger partial charge on any atom is -0.339 e. The van der Waals surface area contributed by atoms with E-state index in [2.05, 4.69) is 16.4 Å². The zero-order valence-electron chi connectivity index (χ0n) is 10.4. The van der Waals surface area contributed by atoms with Crippen LogP contribution in [0.25, 0.3) is 0 Å². The summed E-state index contributed by atoms with van der Waals surface area (Å²) in [5.41, 5.74) is 1.61. The van der Waals surface area contributed by atoms with E-state index in [4.69, 9.17) is 16.9 Å². The SMILES string of the molecule is Cc1cccc(Nc2cc([N+](=O)[O-])cc(Cl)n2)c1C#N. The van der Waals surface area contributed by atoms with Crippen LogP contribution in [-0.2, 0) is 0 Å². The first-order valence-corrected chi connectivity index (χ1v) is 5.98. The largest absolute Gasteiger partial charge is 0.339 e. The molecule has 0 bridgehead atoms. The second-order valence-corrected chi connectivity index (χ2v) is 4.41. The molecule has 0 aliphatic carbocycles. The van der Waals surface area contributed by atoms with E-state index in [-0.39, 0.29) is 16.7 Å². The highest BCUT2D eigenvalue weighted by Gasteiger charge is 2.12. The number of anilines is 2. The molecule has 1 N–H and O–H groups in total. The van der Waals surface area contributed by atoms with Gasteiger partial charge in [0.15, 0.2) is 0 Å². The molecule has 1 aromatic heterocycles. The first-order chi connectivity index (χ1) is 9.51. The molecule has 20 heavy (non-hydrogen) atoms. The molecule has 0 radical (unpaired) electrons. The van der Waals surface area contributed by atoms with E-state index in [1.807, 2.05) is 0 Å². The molecule has 0 saturated carbocycles. The lowest BCUT2D eigenvalue weighted by Gasteiger charge is -2.09. The molecule has 2 aromatic rings. The molecule has 0 aliphatic heterocycles. The first-order valence-electron chi connectivity index (χ1n) is 5.60. The van der Waals surface area contributed by atoms with Gasteiger partial charge in [-0.05, 0) is 18.6 Å². The Morgan fingerprint density at radius 2 is 2.20 bits per heavy atom. The Morgan fingerprint density at radius 1 is 1.45 bits per heavy atom. The fourth-order valence-corrected chi connectivity index (χ4v) is 1.91. The highest BCUT2D eigenvalue weighted by Crippen LogP contribution is 2.26. The van der Waals surface area contributed by atoms with E-state index in [1.54, 1.807) is 25.1 Å². The van der Waals surface area contributed by atoms with Crippen molar-refractivity contribution in [2.24, 2.45) is 0 Å². The number of nitriles is 1. The molecular formula is C13H9ClN4O2. The van der Waals surface area contributed by atoms with E-state index in [1.165, 1.54) is 6.07 Å². The maximum Gasteiger partial charge on any atom is 0.276 e. The average Bonchev–Trinajstić information content (AvgIpc) is 2.38. The molecule has 0 amide bonds. The average molecular weight is 289 g/mol. The second-order valence-electron chi connectivity index (χ2n) is 4.02. The first kappa shape index (κ1) is 13.8. The topological polar surface area (TPSA) is 91.8 Å². The quantitative estimate of drug-likeness (QED) is 0.529. The predicted octanol–water partition coefficient (Wildman–Crippen LogP) is 3.57. The van der Waals surface area contributed by atoms with Crippen LogP contribution >= 0.6 is 11.6 Å². The fraction of sp³-hybridized carbons (Fsp3) is 0.0769. The summed E-state index contributed by atoms with van der Waals surface area (Å²) in [4.78, 5) is 14.2. The third-order valence-corrected chi connectivity index (χ3v) is 2.83. The van der Waals surface area contributed by atoms with Crippen LogP contribution < -0.4 is 5.32 Å². The minimum atomic E-state index is -0.555. The van der Waals surface area contributed by atoms with E-state index in [0.717, 1.165) is 11.6 Å². The lowest BCUT2D eigenvalue weighted by molar-refractivity contribution is -0.384. The summed E-state index contributed by atoms with van der Waals surface area (Å²) >= 11 is 5.74. The van der Waals surface area contributed by atoms with Gasteiger partial charge in [-0.2, -0.15) is 5.26 Å². The molecule has 0 spiro atoms. The van der Waals surface area contributed by atoms with Gasteiger partial charge in [0.25, 0.3) is 5.69 Å². The fourth-order valence-electron chi connectivity index (χ4n) is 1.71. The summed E-state index contributed by atoms with van der Waals surface area (Å²) < 4.78 is 0.